The van der Waals surface area contributed by atoms with Crippen LogP contribution in [0.15, 0.2) is 72.9 Å². The van der Waals surface area contributed by atoms with Gasteiger partial charge in [-0.3, -0.25) is 14.4 Å². The maximum Gasteiger partial charge on any atom is 0.306 e. The van der Waals surface area contributed by atoms with Crippen LogP contribution in [0.1, 0.15) is 258 Å². The van der Waals surface area contributed by atoms with Crippen molar-refractivity contribution in [3.05, 3.63) is 72.9 Å². The van der Waals surface area contributed by atoms with Crippen LogP contribution in [0.25, 0.3) is 0 Å². The summed E-state index contributed by atoms with van der Waals surface area (Å²) in [6.45, 7) is 6.49. The second kappa shape index (κ2) is 52.5. The summed E-state index contributed by atoms with van der Waals surface area (Å²) in [6, 6.07) is 0. The van der Waals surface area contributed by atoms with Gasteiger partial charge < -0.3 is 14.2 Å². The standard InChI is InChI=1S/C58H100O6/c1-4-7-10-13-16-19-21-23-25-26-27-28-29-30-31-32-33-35-36-39-42-45-48-51-57(60)63-54-55(53-62-56(59)50-47-44-41-38-18-15-12-9-6-3)64-58(61)52-49-46-43-40-37-34-24-22-20-17-14-11-8-5-2/h7,10,16,19,23,25,27-28,30-31,33,35,55H,4-6,8-9,11-15,17-18,20-22,24,26,29,32,34,36-54H2,1-3H3/b10-7-,19-16-,25-23-,28-27-,31-30-,35-33-. The Balaban J connectivity index is 4.33. The van der Waals surface area contributed by atoms with Crippen molar-refractivity contribution in [3.8, 4) is 0 Å². The molecule has 6 heteroatoms. The van der Waals surface area contributed by atoms with E-state index >= 15 is 0 Å². The van der Waals surface area contributed by atoms with Gasteiger partial charge in [0.15, 0.2) is 6.10 Å². The second-order valence-electron chi connectivity index (χ2n) is 17.8. The first-order valence-corrected chi connectivity index (χ1v) is 26.9. The second-order valence-corrected chi connectivity index (χ2v) is 17.8. The van der Waals surface area contributed by atoms with Gasteiger partial charge in [-0.25, -0.2) is 0 Å². The highest BCUT2D eigenvalue weighted by molar-refractivity contribution is 5.71. The lowest BCUT2D eigenvalue weighted by atomic mass is 10.0. The lowest BCUT2D eigenvalue weighted by Crippen LogP contribution is -2.30. The van der Waals surface area contributed by atoms with Gasteiger partial charge in [-0.15, -0.1) is 0 Å². The SMILES string of the molecule is CC/C=C\C/C=C\C/C=C\C/C=C\C/C=C\C/C=C\CCCCCCC(=O)OCC(COC(=O)CCCCCCCCCCC)OC(=O)CCCCCCCCCCCCCCCC. The highest BCUT2D eigenvalue weighted by Gasteiger charge is 2.19. The molecule has 0 aromatic rings. The zero-order chi connectivity index (χ0) is 46.5. The van der Waals surface area contributed by atoms with E-state index in [1.807, 2.05) is 0 Å². The molecule has 0 N–H and O–H groups in total. The molecule has 0 fully saturated rings. The van der Waals surface area contributed by atoms with E-state index in [-0.39, 0.29) is 31.1 Å². The van der Waals surface area contributed by atoms with Crippen LogP contribution in [0.4, 0.5) is 0 Å². The topological polar surface area (TPSA) is 78.9 Å². The average molecular weight is 893 g/mol. The Morgan fingerprint density at radius 3 is 0.953 bits per heavy atom. The Labute approximate surface area is 395 Å². The molecular weight excluding hydrogens is 793 g/mol. The highest BCUT2D eigenvalue weighted by atomic mass is 16.6. The molecule has 0 saturated carbocycles. The molecule has 0 rings (SSSR count). The Hall–Kier alpha value is -3.15. The van der Waals surface area contributed by atoms with Crippen LogP contribution in [-0.4, -0.2) is 37.2 Å². The molecule has 0 aromatic heterocycles. The third-order valence-corrected chi connectivity index (χ3v) is 11.5. The smallest absolute Gasteiger partial charge is 0.306 e. The Morgan fingerprint density at radius 1 is 0.328 bits per heavy atom. The van der Waals surface area contributed by atoms with Gasteiger partial charge >= 0.3 is 17.9 Å². The van der Waals surface area contributed by atoms with Crippen molar-refractivity contribution in [1.82, 2.24) is 0 Å². The number of rotatable bonds is 48. The molecule has 0 heterocycles. The Morgan fingerprint density at radius 2 is 0.609 bits per heavy atom. The van der Waals surface area contributed by atoms with Crippen LogP contribution in [0, 0.1) is 0 Å². The van der Waals surface area contributed by atoms with Gasteiger partial charge in [-0.05, 0) is 70.6 Å². The quantitative estimate of drug-likeness (QED) is 0.0262. The van der Waals surface area contributed by atoms with Crippen molar-refractivity contribution in [2.45, 2.75) is 264 Å². The molecule has 0 aliphatic carbocycles. The fraction of sp³-hybridized carbons (Fsp3) is 0.741. The van der Waals surface area contributed by atoms with Crippen molar-refractivity contribution >= 4 is 17.9 Å². The summed E-state index contributed by atoms with van der Waals surface area (Å²) in [5.74, 6) is -0.904. The summed E-state index contributed by atoms with van der Waals surface area (Å²) in [4.78, 5) is 37.9. The molecule has 0 aromatic carbocycles. The molecule has 0 spiro atoms. The lowest BCUT2D eigenvalue weighted by molar-refractivity contribution is -0.167. The van der Waals surface area contributed by atoms with Crippen molar-refractivity contribution in [2.24, 2.45) is 0 Å². The number of hydrogen-bond donors (Lipinski definition) is 0. The van der Waals surface area contributed by atoms with E-state index in [2.05, 4.69) is 93.7 Å². The predicted molar refractivity (Wildman–Crippen MR) is 274 cm³/mol. The zero-order valence-electron chi connectivity index (χ0n) is 42.0. The molecule has 0 aliphatic heterocycles. The van der Waals surface area contributed by atoms with Crippen LogP contribution in [0.3, 0.4) is 0 Å². The van der Waals surface area contributed by atoms with Gasteiger partial charge in [0.25, 0.3) is 0 Å². The van der Waals surface area contributed by atoms with Crippen molar-refractivity contribution in [1.29, 1.82) is 0 Å². The van der Waals surface area contributed by atoms with Crippen molar-refractivity contribution in [3.63, 3.8) is 0 Å². The summed E-state index contributed by atoms with van der Waals surface area (Å²) < 4.78 is 16.8. The van der Waals surface area contributed by atoms with Crippen LogP contribution in [-0.2, 0) is 28.6 Å². The van der Waals surface area contributed by atoms with Gasteiger partial charge in [0, 0.05) is 19.3 Å². The first kappa shape index (κ1) is 60.9. The molecule has 0 amide bonds. The van der Waals surface area contributed by atoms with Crippen LogP contribution in [0.5, 0.6) is 0 Å². The van der Waals surface area contributed by atoms with E-state index < -0.39 is 6.10 Å². The fourth-order valence-electron chi connectivity index (χ4n) is 7.45. The number of hydrogen-bond acceptors (Lipinski definition) is 6. The predicted octanol–water partition coefficient (Wildman–Crippen LogP) is 17.8. The summed E-state index contributed by atoms with van der Waals surface area (Å²) in [6.07, 6.45) is 66.0. The van der Waals surface area contributed by atoms with E-state index in [1.54, 1.807) is 0 Å². The third kappa shape index (κ3) is 49.9. The maximum atomic E-state index is 12.8. The Bertz CT molecular complexity index is 1210. The molecule has 6 nitrogen and oxygen atoms in total. The van der Waals surface area contributed by atoms with Gasteiger partial charge in [0.05, 0.1) is 0 Å². The number of allylic oxidation sites excluding steroid dienone is 12. The van der Waals surface area contributed by atoms with E-state index in [0.717, 1.165) is 109 Å². The first-order chi connectivity index (χ1) is 31.5. The molecule has 368 valence electrons. The molecule has 0 radical (unpaired) electrons. The Kier molecular flexibility index (Phi) is 49.9. The van der Waals surface area contributed by atoms with E-state index in [9.17, 15) is 14.4 Å². The maximum absolute atomic E-state index is 12.8. The number of carbonyl (C=O) groups is 3. The van der Waals surface area contributed by atoms with Crippen molar-refractivity contribution < 1.29 is 28.6 Å². The molecule has 64 heavy (non-hydrogen) atoms. The zero-order valence-corrected chi connectivity index (χ0v) is 42.0. The van der Waals surface area contributed by atoms with Crippen LogP contribution < -0.4 is 0 Å². The van der Waals surface area contributed by atoms with Gasteiger partial charge in [-0.2, -0.15) is 0 Å². The molecule has 0 bridgehead atoms. The van der Waals surface area contributed by atoms with Gasteiger partial charge in [-0.1, -0.05) is 241 Å². The normalized spacial score (nSPS) is 12.6. The van der Waals surface area contributed by atoms with Crippen LogP contribution >= 0.6 is 0 Å². The highest BCUT2D eigenvalue weighted by Crippen LogP contribution is 2.15. The minimum Gasteiger partial charge on any atom is -0.462 e. The monoisotopic (exact) mass is 893 g/mol. The summed E-state index contributed by atoms with van der Waals surface area (Å²) in [5, 5.41) is 0. The molecular formula is C58H100O6. The first-order valence-electron chi connectivity index (χ1n) is 26.9. The molecule has 0 saturated heterocycles. The minimum atomic E-state index is -0.781. The van der Waals surface area contributed by atoms with Gasteiger partial charge in [0.1, 0.15) is 13.2 Å². The summed E-state index contributed by atoms with van der Waals surface area (Å²) in [7, 11) is 0. The fourth-order valence-corrected chi connectivity index (χ4v) is 7.45. The average Bonchev–Trinajstić information content (AvgIpc) is 3.29. The van der Waals surface area contributed by atoms with E-state index in [1.165, 1.54) is 109 Å². The van der Waals surface area contributed by atoms with Crippen molar-refractivity contribution in [2.75, 3.05) is 13.2 Å². The minimum absolute atomic E-state index is 0.0807. The number of esters is 3. The summed E-state index contributed by atoms with van der Waals surface area (Å²) >= 11 is 0. The van der Waals surface area contributed by atoms with Gasteiger partial charge in [0.2, 0.25) is 0 Å². The molecule has 1 unspecified atom stereocenters. The van der Waals surface area contributed by atoms with Crippen LogP contribution in [0.2, 0.25) is 0 Å². The van der Waals surface area contributed by atoms with E-state index in [4.69, 9.17) is 14.2 Å². The number of ether oxygens (including phenoxy) is 3. The molecule has 0 aliphatic rings. The largest absolute Gasteiger partial charge is 0.462 e. The van der Waals surface area contributed by atoms with E-state index in [0.29, 0.717) is 19.3 Å². The summed E-state index contributed by atoms with van der Waals surface area (Å²) in [5.41, 5.74) is 0. The molecule has 1 atom stereocenters. The number of unbranched alkanes of at least 4 members (excludes halogenated alkanes) is 25. The lowest BCUT2D eigenvalue weighted by Gasteiger charge is -2.18. The number of carbonyl (C=O) groups excluding carboxylic acids is 3. The third-order valence-electron chi connectivity index (χ3n) is 11.5.